The van der Waals surface area contributed by atoms with Gasteiger partial charge in [-0.3, -0.25) is 14.3 Å². The molecule has 11 nitrogen and oxygen atoms in total. The first kappa shape index (κ1) is 34.0. The lowest BCUT2D eigenvalue weighted by atomic mass is 9.88. The van der Waals surface area contributed by atoms with Crippen LogP contribution in [0.3, 0.4) is 0 Å². The van der Waals surface area contributed by atoms with Gasteiger partial charge in [-0.1, -0.05) is 35.3 Å². The van der Waals surface area contributed by atoms with E-state index in [9.17, 15) is 23.5 Å². The van der Waals surface area contributed by atoms with Crippen molar-refractivity contribution in [1.82, 2.24) is 25.1 Å². The van der Waals surface area contributed by atoms with Gasteiger partial charge in [0.2, 0.25) is 17.8 Å². The number of fused-ring (bicyclic) bond motifs is 1. The summed E-state index contributed by atoms with van der Waals surface area (Å²) in [4.78, 5) is 33.7. The Morgan fingerprint density at radius 2 is 1.86 bits per heavy atom. The molecule has 15 heteroatoms. The molecule has 4 N–H and O–H groups in total. The average molecular weight is 712 g/mol. The van der Waals surface area contributed by atoms with E-state index in [2.05, 4.69) is 20.4 Å². The molecule has 1 aliphatic rings. The number of benzene rings is 2. The van der Waals surface area contributed by atoms with E-state index in [-0.39, 0.29) is 62.5 Å². The molecule has 254 valence electrons. The number of halogens is 4. The Hall–Kier alpha value is -4.85. The quantitative estimate of drug-likeness (QED) is 0.143. The largest absolute Gasteiger partial charge is 0.494 e. The minimum Gasteiger partial charge on any atom is -0.494 e. The van der Waals surface area contributed by atoms with E-state index in [1.54, 1.807) is 31.2 Å². The number of carbonyl (C=O) groups is 2. The third-order valence-electron chi connectivity index (χ3n) is 8.07. The topological polar surface area (TPSA) is 154 Å². The summed E-state index contributed by atoms with van der Waals surface area (Å²) in [7, 11) is 1.46. The van der Waals surface area contributed by atoms with Crippen molar-refractivity contribution in [1.29, 1.82) is 0 Å². The van der Waals surface area contributed by atoms with Crippen LogP contribution in [0, 0.1) is 11.9 Å². The minimum absolute atomic E-state index is 0.0608. The van der Waals surface area contributed by atoms with Gasteiger partial charge in [-0.15, -0.1) is 0 Å². The lowest BCUT2D eigenvalue weighted by molar-refractivity contribution is -0.117. The standard InChI is InChI=1S/C34H30Cl2F2N6O5/c1-3-49-32-17(12-28(39)45)11-25(41-31(32)22-5-4-6-23(35)29(22)36)34(47,20-13-26(37)42-27(38)14-20)16-40-33(46)18-9-19-15-44(21-7-8-21)43-30(19)24(10-18)48-2/h4-6,9-11,13-15,21,47H,3,7-8,12,16H2,1-2H3,(H2,39,45)(H,40,46). The van der Waals surface area contributed by atoms with E-state index in [4.69, 9.17) is 38.4 Å². The van der Waals surface area contributed by atoms with Crippen LogP contribution in [0.15, 0.2) is 54.7 Å². The van der Waals surface area contributed by atoms with Crippen molar-refractivity contribution < 1.29 is 33.0 Å². The van der Waals surface area contributed by atoms with Gasteiger partial charge in [0.15, 0.2) is 0 Å². The number of hydrogen-bond donors (Lipinski definition) is 3. The molecule has 1 unspecified atom stereocenters. The van der Waals surface area contributed by atoms with Gasteiger partial charge >= 0.3 is 0 Å². The molecule has 1 aliphatic carbocycles. The molecule has 0 aliphatic heterocycles. The van der Waals surface area contributed by atoms with Crippen molar-refractivity contribution in [3.63, 3.8) is 0 Å². The second-order valence-electron chi connectivity index (χ2n) is 11.5. The van der Waals surface area contributed by atoms with Crippen molar-refractivity contribution in [3.05, 3.63) is 99.1 Å². The zero-order chi connectivity index (χ0) is 35.0. The smallest absolute Gasteiger partial charge is 0.251 e. The SMILES string of the molecule is CCOc1c(CC(N)=O)cc(C(O)(CNC(=O)c2cc(OC)c3nn(C4CC4)cc3c2)c2cc(F)nc(F)c2)nc1-c1cccc(Cl)c1Cl. The van der Waals surface area contributed by atoms with E-state index in [0.29, 0.717) is 22.7 Å². The number of ether oxygens (including phenoxy) is 2. The number of hydrogen-bond acceptors (Lipinski definition) is 8. The average Bonchev–Trinajstić information content (AvgIpc) is 3.82. The zero-order valence-corrected chi connectivity index (χ0v) is 27.8. The molecule has 3 aromatic heterocycles. The summed E-state index contributed by atoms with van der Waals surface area (Å²) in [5, 5.41) is 20.6. The Morgan fingerprint density at radius 1 is 1.12 bits per heavy atom. The summed E-state index contributed by atoms with van der Waals surface area (Å²) >= 11 is 12.9. The lowest BCUT2D eigenvalue weighted by Gasteiger charge is -2.30. The van der Waals surface area contributed by atoms with Gasteiger partial charge in [0.1, 0.15) is 28.3 Å². The molecule has 3 heterocycles. The number of rotatable bonds is 12. The second-order valence-corrected chi connectivity index (χ2v) is 12.3. The van der Waals surface area contributed by atoms with E-state index in [0.717, 1.165) is 25.0 Å². The number of nitrogens with one attached hydrogen (secondary N) is 1. The van der Waals surface area contributed by atoms with Crippen molar-refractivity contribution >= 4 is 45.9 Å². The van der Waals surface area contributed by atoms with Gasteiger partial charge < -0.3 is 25.6 Å². The van der Waals surface area contributed by atoms with E-state index in [1.165, 1.54) is 19.2 Å². The van der Waals surface area contributed by atoms with Crippen molar-refractivity contribution in [2.24, 2.45) is 5.73 Å². The molecule has 0 saturated heterocycles. The molecule has 49 heavy (non-hydrogen) atoms. The molecule has 6 rings (SSSR count). The monoisotopic (exact) mass is 710 g/mol. The summed E-state index contributed by atoms with van der Waals surface area (Å²) in [6.07, 6.45) is 3.47. The molecular formula is C34H30Cl2F2N6O5. The van der Waals surface area contributed by atoms with Gasteiger partial charge in [0, 0.05) is 33.8 Å². The second kappa shape index (κ2) is 13.6. The highest BCUT2D eigenvalue weighted by atomic mass is 35.5. The summed E-state index contributed by atoms with van der Waals surface area (Å²) in [5.74, 6) is -3.36. The van der Waals surface area contributed by atoms with Gasteiger partial charge in [0.25, 0.3) is 5.91 Å². The number of methoxy groups -OCH3 is 1. The van der Waals surface area contributed by atoms with Crippen LogP contribution in [0.1, 0.15) is 53.0 Å². The molecule has 1 fully saturated rings. The molecule has 1 saturated carbocycles. The van der Waals surface area contributed by atoms with E-state index >= 15 is 0 Å². The first-order valence-electron chi connectivity index (χ1n) is 15.2. The van der Waals surface area contributed by atoms with Crippen molar-refractivity contribution in [3.8, 4) is 22.8 Å². The lowest BCUT2D eigenvalue weighted by Crippen LogP contribution is -2.42. The minimum atomic E-state index is -2.41. The van der Waals surface area contributed by atoms with Gasteiger partial charge in [0.05, 0.1) is 48.5 Å². The number of nitrogens with zero attached hydrogens (tertiary/aromatic N) is 4. The highest BCUT2D eigenvalue weighted by Crippen LogP contribution is 2.42. The maximum atomic E-state index is 14.6. The molecule has 0 radical (unpaired) electrons. The predicted molar refractivity (Wildman–Crippen MR) is 178 cm³/mol. The molecule has 2 amide bonds. The summed E-state index contributed by atoms with van der Waals surface area (Å²) in [6, 6.07) is 11.1. The Balaban J connectivity index is 1.48. The maximum absolute atomic E-state index is 14.6. The molecule has 2 aromatic carbocycles. The van der Waals surface area contributed by atoms with Gasteiger partial charge in [-0.25, -0.2) is 4.98 Å². The van der Waals surface area contributed by atoms with E-state index < -0.39 is 35.9 Å². The van der Waals surface area contributed by atoms with Crippen LogP contribution >= 0.6 is 23.2 Å². The van der Waals surface area contributed by atoms with E-state index in [1.807, 2.05) is 10.9 Å². The first-order valence-corrected chi connectivity index (χ1v) is 16.0. The summed E-state index contributed by atoms with van der Waals surface area (Å²) in [6.45, 7) is 1.21. The number of pyridine rings is 2. The number of aromatic nitrogens is 4. The van der Waals surface area contributed by atoms with Crippen molar-refractivity contribution in [2.75, 3.05) is 20.3 Å². The summed E-state index contributed by atoms with van der Waals surface area (Å²) < 4.78 is 42.4. The van der Waals surface area contributed by atoms with Crippen LogP contribution in [-0.4, -0.2) is 56.9 Å². The van der Waals surface area contributed by atoms with Crippen LogP contribution in [0.25, 0.3) is 22.2 Å². The zero-order valence-electron chi connectivity index (χ0n) is 26.3. The number of amides is 2. The molecule has 5 aromatic rings. The number of nitrogens with two attached hydrogens (primary N) is 1. The van der Waals surface area contributed by atoms with Crippen LogP contribution in [0.2, 0.25) is 10.0 Å². The third-order valence-corrected chi connectivity index (χ3v) is 8.89. The number of aliphatic hydroxyl groups is 1. The van der Waals surface area contributed by atoms with Crippen molar-refractivity contribution in [2.45, 2.75) is 37.8 Å². The molecule has 1 atom stereocenters. The normalized spacial score (nSPS) is 14.0. The Morgan fingerprint density at radius 3 is 2.51 bits per heavy atom. The maximum Gasteiger partial charge on any atom is 0.251 e. The van der Waals surface area contributed by atoms with Crippen LogP contribution < -0.4 is 20.5 Å². The Bertz CT molecular complexity index is 2090. The van der Waals surface area contributed by atoms with Gasteiger partial charge in [-0.05, 0) is 56.2 Å². The van der Waals surface area contributed by atoms with Gasteiger partial charge in [-0.2, -0.15) is 18.9 Å². The summed E-state index contributed by atoms with van der Waals surface area (Å²) in [5.41, 5.74) is 3.90. The highest BCUT2D eigenvalue weighted by Gasteiger charge is 2.37. The molecule has 0 spiro atoms. The van der Waals surface area contributed by atoms with Crippen LogP contribution in [-0.2, 0) is 16.8 Å². The Kier molecular flexibility index (Phi) is 9.43. The number of carbonyl (C=O) groups excluding carboxylic acids is 2. The molecular weight excluding hydrogens is 681 g/mol. The van der Waals surface area contributed by atoms with Crippen LogP contribution in [0.5, 0.6) is 11.5 Å². The highest BCUT2D eigenvalue weighted by molar-refractivity contribution is 6.43. The fraction of sp³-hybridized carbons (Fsp3) is 0.265. The fourth-order valence-electron chi connectivity index (χ4n) is 5.58. The molecule has 0 bridgehead atoms. The number of primary amides is 1. The van der Waals surface area contributed by atoms with Crippen LogP contribution in [0.4, 0.5) is 8.78 Å². The first-order chi connectivity index (χ1) is 23.4. The third kappa shape index (κ3) is 6.87. The fourth-order valence-corrected chi connectivity index (χ4v) is 5.97. The Labute approximate surface area is 289 Å². The predicted octanol–water partition coefficient (Wildman–Crippen LogP) is 5.51.